The Labute approximate surface area is 98.8 Å². The van der Waals surface area contributed by atoms with Gasteiger partial charge in [-0.1, -0.05) is 29.8 Å². The summed E-state index contributed by atoms with van der Waals surface area (Å²) in [5.41, 5.74) is 7.27. The Hall–Kier alpha value is -1.74. The predicted molar refractivity (Wildman–Crippen MR) is 65.6 cm³/mol. The zero-order chi connectivity index (χ0) is 11.5. The van der Waals surface area contributed by atoms with E-state index in [1.165, 1.54) is 0 Å². The fourth-order valence-corrected chi connectivity index (χ4v) is 1.77. The van der Waals surface area contributed by atoms with Gasteiger partial charge in [-0.15, -0.1) is 0 Å². The molecule has 0 unspecified atom stereocenters. The first-order valence-corrected chi connectivity index (χ1v) is 5.14. The van der Waals surface area contributed by atoms with Gasteiger partial charge >= 0.3 is 0 Å². The first kappa shape index (κ1) is 10.8. The Kier molecular flexibility index (Phi) is 2.97. The van der Waals surface area contributed by atoms with Crippen molar-refractivity contribution in [2.24, 2.45) is 0 Å². The largest absolute Gasteiger partial charge is 0.496 e. The van der Waals surface area contributed by atoms with E-state index in [4.69, 9.17) is 22.1 Å². The molecule has 2 N–H and O–H groups in total. The quantitative estimate of drug-likeness (QED) is 0.869. The lowest BCUT2D eigenvalue weighted by molar-refractivity contribution is 0.416. The van der Waals surface area contributed by atoms with Crippen LogP contribution in [0, 0.1) is 0 Å². The number of pyridine rings is 1. The molecule has 0 saturated carbocycles. The number of benzene rings is 1. The van der Waals surface area contributed by atoms with Crippen LogP contribution >= 0.6 is 11.6 Å². The number of para-hydroxylation sites is 1. The summed E-state index contributed by atoms with van der Waals surface area (Å²) in [5, 5.41) is 0.567. The maximum atomic E-state index is 6.12. The molecule has 0 fully saturated rings. The summed E-state index contributed by atoms with van der Waals surface area (Å²) in [4.78, 5) is 4.03. The molecule has 3 nitrogen and oxygen atoms in total. The van der Waals surface area contributed by atoms with Gasteiger partial charge in [0.05, 0.1) is 12.1 Å². The van der Waals surface area contributed by atoms with Crippen LogP contribution < -0.4 is 10.5 Å². The van der Waals surface area contributed by atoms with Crippen LogP contribution in [-0.4, -0.2) is 12.1 Å². The molecule has 4 heteroatoms. The van der Waals surface area contributed by atoms with Gasteiger partial charge in [-0.3, -0.25) is 0 Å². The fraction of sp³-hybridized carbons (Fsp3) is 0.0833. The molecule has 0 saturated heterocycles. The average Bonchev–Trinajstić information content (AvgIpc) is 2.29. The SMILES string of the molecule is COc1ccccc1-c1cnc(N)cc1Cl. The van der Waals surface area contributed by atoms with Crippen molar-refractivity contribution in [1.82, 2.24) is 4.98 Å². The van der Waals surface area contributed by atoms with Gasteiger partial charge in [0.2, 0.25) is 0 Å². The van der Waals surface area contributed by atoms with Crippen molar-refractivity contribution in [1.29, 1.82) is 0 Å². The van der Waals surface area contributed by atoms with Gasteiger partial charge in [-0.25, -0.2) is 4.98 Å². The molecule has 16 heavy (non-hydrogen) atoms. The number of hydrogen-bond donors (Lipinski definition) is 1. The second kappa shape index (κ2) is 4.41. The van der Waals surface area contributed by atoms with Crippen LogP contribution in [0.25, 0.3) is 11.1 Å². The van der Waals surface area contributed by atoms with E-state index in [1.54, 1.807) is 19.4 Å². The molecule has 0 aliphatic heterocycles. The molecule has 82 valence electrons. The second-order valence-corrected chi connectivity index (χ2v) is 3.70. The lowest BCUT2D eigenvalue weighted by Gasteiger charge is -2.09. The van der Waals surface area contributed by atoms with Gasteiger partial charge in [0.1, 0.15) is 11.6 Å². The summed E-state index contributed by atoms with van der Waals surface area (Å²) in [6.07, 6.45) is 1.65. The van der Waals surface area contributed by atoms with Crippen molar-refractivity contribution in [3.05, 3.63) is 41.6 Å². The van der Waals surface area contributed by atoms with Crippen molar-refractivity contribution < 1.29 is 4.74 Å². The smallest absolute Gasteiger partial charge is 0.126 e. The van der Waals surface area contributed by atoms with E-state index in [9.17, 15) is 0 Å². The Balaban J connectivity index is 2.58. The highest BCUT2D eigenvalue weighted by Gasteiger charge is 2.09. The Morgan fingerprint density at radius 2 is 2.00 bits per heavy atom. The number of hydrogen-bond acceptors (Lipinski definition) is 3. The number of rotatable bonds is 2. The molecule has 1 heterocycles. The summed E-state index contributed by atoms with van der Waals surface area (Å²) >= 11 is 6.12. The summed E-state index contributed by atoms with van der Waals surface area (Å²) in [5.74, 6) is 1.17. The number of halogens is 1. The Morgan fingerprint density at radius 3 is 2.69 bits per heavy atom. The van der Waals surface area contributed by atoms with E-state index in [0.29, 0.717) is 10.8 Å². The molecule has 0 aliphatic carbocycles. The maximum absolute atomic E-state index is 6.12. The van der Waals surface area contributed by atoms with Crippen LogP contribution in [0.5, 0.6) is 5.75 Å². The highest BCUT2D eigenvalue weighted by Crippen LogP contribution is 2.34. The third-order valence-corrected chi connectivity index (χ3v) is 2.58. The zero-order valence-electron chi connectivity index (χ0n) is 8.77. The summed E-state index contributed by atoms with van der Waals surface area (Å²) < 4.78 is 5.27. The number of anilines is 1. The van der Waals surface area contributed by atoms with E-state index in [-0.39, 0.29) is 0 Å². The summed E-state index contributed by atoms with van der Waals surface area (Å²) in [6, 6.07) is 9.26. The van der Waals surface area contributed by atoms with Gasteiger partial charge in [0, 0.05) is 17.3 Å². The normalized spacial score (nSPS) is 10.1. The Morgan fingerprint density at radius 1 is 1.25 bits per heavy atom. The summed E-state index contributed by atoms with van der Waals surface area (Å²) in [6.45, 7) is 0. The molecule has 1 aromatic carbocycles. The first-order chi connectivity index (χ1) is 7.72. The molecular formula is C12H11ClN2O. The highest BCUT2D eigenvalue weighted by atomic mass is 35.5. The molecule has 0 atom stereocenters. The second-order valence-electron chi connectivity index (χ2n) is 3.29. The van der Waals surface area contributed by atoms with Gasteiger partial charge in [0.15, 0.2) is 0 Å². The van der Waals surface area contributed by atoms with E-state index in [2.05, 4.69) is 4.98 Å². The monoisotopic (exact) mass is 234 g/mol. The number of nitrogens with zero attached hydrogens (tertiary/aromatic N) is 1. The molecule has 0 spiro atoms. The Bertz CT molecular complexity index is 514. The molecule has 0 bridgehead atoms. The molecular weight excluding hydrogens is 224 g/mol. The number of methoxy groups -OCH3 is 1. The molecule has 0 aliphatic rings. The lowest BCUT2D eigenvalue weighted by atomic mass is 10.1. The lowest BCUT2D eigenvalue weighted by Crippen LogP contribution is -1.92. The van der Waals surface area contributed by atoms with Gasteiger partial charge in [-0.05, 0) is 12.1 Å². The third kappa shape index (κ3) is 1.95. The highest BCUT2D eigenvalue weighted by molar-refractivity contribution is 6.33. The van der Waals surface area contributed by atoms with Crippen LogP contribution in [0.1, 0.15) is 0 Å². The van der Waals surface area contributed by atoms with E-state index in [1.807, 2.05) is 24.3 Å². The maximum Gasteiger partial charge on any atom is 0.126 e. The fourth-order valence-electron chi connectivity index (χ4n) is 1.51. The number of nitrogens with two attached hydrogens (primary N) is 1. The van der Waals surface area contributed by atoms with Crippen molar-refractivity contribution in [2.75, 3.05) is 12.8 Å². The third-order valence-electron chi connectivity index (χ3n) is 2.27. The number of aromatic nitrogens is 1. The van der Waals surface area contributed by atoms with Crippen molar-refractivity contribution in [2.45, 2.75) is 0 Å². The van der Waals surface area contributed by atoms with Crippen molar-refractivity contribution in [3.63, 3.8) is 0 Å². The van der Waals surface area contributed by atoms with Gasteiger partial charge in [0.25, 0.3) is 0 Å². The first-order valence-electron chi connectivity index (χ1n) is 4.77. The topological polar surface area (TPSA) is 48.1 Å². The average molecular weight is 235 g/mol. The zero-order valence-corrected chi connectivity index (χ0v) is 9.53. The van der Waals surface area contributed by atoms with Crippen LogP contribution in [-0.2, 0) is 0 Å². The van der Waals surface area contributed by atoms with E-state index < -0.39 is 0 Å². The summed E-state index contributed by atoms with van der Waals surface area (Å²) in [7, 11) is 1.62. The standard InChI is InChI=1S/C12H11ClN2O/c1-16-11-5-3-2-4-8(11)9-7-15-12(14)6-10(9)13/h2-7H,1H3,(H2,14,15). The molecule has 1 aromatic heterocycles. The van der Waals surface area contributed by atoms with Crippen molar-refractivity contribution in [3.8, 4) is 16.9 Å². The van der Waals surface area contributed by atoms with Crippen LogP contribution in [0.3, 0.4) is 0 Å². The number of nitrogen functional groups attached to an aromatic ring is 1. The van der Waals surface area contributed by atoms with Crippen LogP contribution in [0.15, 0.2) is 36.5 Å². The van der Waals surface area contributed by atoms with Gasteiger partial charge in [-0.2, -0.15) is 0 Å². The molecule has 2 rings (SSSR count). The van der Waals surface area contributed by atoms with Gasteiger partial charge < -0.3 is 10.5 Å². The van der Waals surface area contributed by atoms with Crippen molar-refractivity contribution >= 4 is 17.4 Å². The minimum absolute atomic E-state index is 0.406. The predicted octanol–water partition coefficient (Wildman–Crippen LogP) is 2.99. The van der Waals surface area contributed by atoms with E-state index in [0.717, 1.165) is 16.9 Å². The minimum atomic E-state index is 0.406. The molecule has 0 radical (unpaired) electrons. The molecule has 2 aromatic rings. The minimum Gasteiger partial charge on any atom is -0.496 e. The van der Waals surface area contributed by atoms with Crippen LogP contribution in [0.4, 0.5) is 5.82 Å². The van der Waals surface area contributed by atoms with Crippen LogP contribution in [0.2, 0.25) is 5.02 Å². The molecule has 0 amide bonds. The van der Waals surface area contributed by atoms with E-state index >= 15 is 0 Å². The number of ether oxygens (including phenoxy) is 1.